The van der Waals surface area contributed by atoms with Crippen LogP contribution in [0.1, 0.15) is 12.1 Å². The maximum absolute atomic E-state index is 11.7. The van der Waals surface area contributed by atoms with Gasteiger partial charge in [0, 0.05) is 19.5 Å². The zero-order valence-corrected chi connectivity index (χ0v) is 12.4. The van der Waals surface area contributed by atoms with Gasteiger partial charge in [-0.25, -0.2) is 4.98 Å². The second kappa shape index (κ2) is 5.97. The van der Waals surface area contributed by atoms with Crippen LogP contribution in [-0.2, 0) is 16.1 Å². The third kappa shape index (κ3) is 2.99. The zero-order chi connectivity index (χ0) is 14.8. The number of esters is 1. The number of aromatic nitrogens is 1. The fourth-order valence-electron chi connectivity index (χ4n) is 2.54. The molecule has 1 saturated heterocycles. The summed E-state index contributed by atoms with van der Waals surface area (Å²) in [6.07, 6.45) is 1.47. The Balaban J connectivity index is 1.72. The monoisotopic (exact) mass is 308 g/mol. The molecule has 21 heavy (non-hydrogen) atoms. The summed E-state index contributed by atoms with van der Waals surface area (Å²) in [5.41, 5.74) is 0.737. The smallest absolute Gasteiger partial charge is 0.323 e. The normalized spacial score (nSPS) is 22.6. The molecule has 0 saturated carbocycles. The first-order chi connectivity index (χ1) is 10.2. The van der Waals surface area contributed by atoms with Crippen LogP contribution in [0.5, 0.6) is 0 Å². The van der Waals surface area contributed by atoms with E-state index in [1.807, 2.05) is 22.4 Å². The number of aliphatic hydroxyl groups is 1. The van der Waals surface area contributed by atoms with Crippen molar-refractivity contribution in [3.05, 3.63) is 29.5 Å². The number of likely N-dealkylation sites (tertiary alicyclic amines) is 1. The molecule has 0 aliphatic carbocycles. The SMILES string of the molecule is COC(=O)[C@@H]1C[C@H](O)CN1Cc1coc(-c2cccs2)n1. The average Bonchev–Trinajstić information content (AvgIpc) is 3.18. The number of nitrogens with zero attached hydrogens (tertiary/aromatic N) is 2. The molecule has 1 fully saturated rings. The van der Waals surface area contributed by atoms with E-state index in [4.69, 9.17) is 9.15 Å². The van der Waals surface area contributed by atoms with Crippen LogP contribution in [-0.4, -0.2) is 46.8 Å². The average molecular weight is 308 g/mol. The minimum absolute atomic E-state index is 0.325. The first-order valence-electron chi connectivity index (χ1n) is 6.65. The van der Waals surface area contributed by atoms with Gasteiger partial charge in [0.05, 0.1) is 23.8 Å². The van der Waals surface area contributed by atoms with Crippen LogP contribution >= 0.6 is 11.3 Å². The highest BCUT2D eigenvalue weighted by atomic mass is 32.1. The molecule has 1 aliphatic heterocycles. The van der Waals surface area contributed by atoms with Gasteiger partial charge in [-0.2, -0.15) is 0 Å². The van der Waals surface area contributed by atoms with Gasteiger partial charge >= 0.3 is 5.97 Å². The molecule has 112 valence electrons. The minimum atomic E-state index is -0.516. The number of carbonyl (C=O) groups is 1. The Labute approximate surface area is 126 Å². The van der Waals surface area contributed by atoms with Gasteiger partial charge in [0.2, 0.25) is 5.89 Å². The van der Waals surface area contributed by atoms with E-state index in [9.17, 15) is 9.90 Å². The number of thiophene rings is 1. The van der Waals surface area contributed by atoms with Gasteiger partial charge in [0.25, 0.3) is 0 Å². The Bertz CT molecular complexity index is 610. The van der Waals surface area contributed by atoms with Gasteiger partial charge in [-0.15, -0.1) is 11.3 Å². The van der Waals surface area contributed by atoms with Gasteiger partial charge in [-0.1, -0.05) is 6.07 Å². The topological polar surface area (TPSA) is 75.8 Å². The van der Waals surface area contributed by atoms with Crippen LogP contribution < -0.4 is 0 Å². The Hall–Kier alpha value is -1.70. The Morgan fingerprint density at radius 3 is 3.24 bits per heavy atom. The van der Waals surface area contributed by atoms with Gasteiger partial charge in [0.15, 0.2) is 0 Å². The van der Waals surface area contributed by atoms with Crippen LogP contribution in [0.25, 0.3) is 10.8 Å². The maximum atomic E-state index is 11.7. The van der Waals surface area contributed by atoms with Crippen molar-refractivity contribution in [2.45, 2.75) is 25.1 Å². The quantitative estimate of drug-likeness (QED) is 0.863. The minimum Gasteiger partial charge on any atom is -0.468 e. The third-order valence-corrected chi connectivity index (χ3v) is 4.36. The molecule has 2 aromatic rings. The highest BCUT2D eigenvalue weighted by Crippen LogP contribution is 2.26. The van der Waals surface area contributed by atoms with Gasteiger partial charge in [-0.3, -0.25) is 9.69 Å². The summed E-state index contributed by atoms with van der Waals surface area (Å²) in [5, 5.41) is 11.7. The van der Waals surface area contributed by atoms with Crippen LogP contribution in [0.2, 0.25) is 0 Å². The number of methoxy groups -OCH3 is 1. The lowest BCUT2D eigenvalue weighted by Crippen LogP contribution is -2.36. The standard InChI is InChI=1S/C14H16N2O4S/c1-19-14(18)11-5-10(17)7-16(11)6-9-8-20-13(15-9)12-3-2-4-21-12/h2-4,8,10-11,17H,5-7H2,1H3/t10-,11-/m0/s1. The summed E-state index contributed by atoms with van der Waals surface area (Å²) in [6.45, 7) is 0.882. The lowest BCUT2D eigenvalue weighted by molar-refractivity contribution is -0.146. The van der Waals surface area contributed by atoms with E-state index in [0.717, 1.165) is 10.6 Å². The lowest BCUT2D eigenvalue weighted by atomic mass is 10.2. The maximum Gasteiger partial charge on any atom is 0.323 e. The van der Waals surface area contributed by atoms with Crippen molar-refractivity contribution in [1.82, 2.24) is 9.88 Å². The molecular weight excluding hydrogens is 292 g/mol. The highest BCUT2D eigenvalue weighted by molar-refractivity contribution is 7.13. The molecule has 2 atom stereocenters. The lowest BCUT2D eigenvalue weighted by Gasteiger charge is -2.20. The van der Waals surface area contributed by atoms with Crippen LogP contribution in [0.15, 0.2) is 28.2 Å². The van der Waals surface area contributed by atoms with Crippen molar-refractivity contribution in [2.75, 3.05) is 13.7 Å². The molecule has 1 aliphatic rings. The number of β-amino-alcohol motifs (C(OH)–C–C–N with tert-alkyl or cyclic N) is 1. The number of carbonyl (C=O) groups excluding carboxylic acids is 1. The summed E-state index contributed by atoms with van der Waals surface area (Å²) >= 11 is 1.56. The van der Waals surface area contributed by atoms with Crippen LogP contribution in [0.4, 0.5) is 0 Å². The van der Waals surface area contributed by atoms with Crippen LogP contribution in [0, 0.1) is 0 Å². The van der Waals surface area contributed by atoms with E-state index in [2.05, 4.69) is 4.98 Å². The molecule has 1 N–H and O–H groups in total. The van der Waals surface area contributed by atoms with Gasteiger partial charge in [0.1, 0.15) is 12.3 Å². The number of aliphatic hydroxyl groups excluding tert-OH is 1. The molecule has 7 heteroatoms. The fourth-order valence-corrected chi connectivity index (χ4v) is 3.19. The largest absolute Gasteiger partial charge is 0.468 e. The predicted molar refractivity (Wildman–Crippen MR) is 76.7 cm³/mol. The first-order valence-corrected chi connectivity index (χ1v) is 7.53. The molecule has 0 spiro atoms. The summed E-state index contributed by atoms with van der Waals surface area (Å²) < 4.78 is 10.2. The van der Waals surface area contributed by atoms with E-state index in [0.29, 0.717) is 25.4 Å². The van der Waals surface area contributed by atoms with E-state index in [1.54, 1.807) is 17.6 Å². The molecule has 6 nitrogen and oxygen atoms in total. The Morgan fingerprint density at radius 2 is 2.52 bits per heavy atom. The molecular formula is C14H16N2O4S. The molecule has 0 bridgehead atoms. The van der Waals surface area contributed by atoms with Gasteiger partial charge in [-0.05, 0) is 11.4 Å². The molecule has 0 aromatic carbocycles. The van der Waals surface area contributed by atoms with E-state index in [1.165, 1.54) is 7.11 Å². The molecule has 0 radical (unpaired) electrons. The second-order valence-electron chi connectivity index (χ2n) is 4.98. The van der Waals surface area contributed by atoms with E-state index < -0.39 is 12.1 Å². The summed E-state index contributed by atoms with van der Waals surface area (Å²) in [4.78, 5) is 19.0. The highest BCUT2D eigenvalue weighted by Gasteiger charge is 2.37. The molecule has 0 unspecified atom stereocenters. The second-order valence-corrected chi connectivity index (χ2v) is 5.93. The zero-order valence-electron chi connectivity index (χ0n) is 11.6. The molecule has 3 heterocycles. The third-order valence-electron chi connectivity index (χ3n) is 3.50. The van der Waals surface area contributed by atoms with Crippen molar-refractivity contribution in [3.63, 3.8) is 0 Å². The number of oxazole rings is 1. The number of ether oxygens (including phenoxy) is 1. The van der Waals surface area contributed by atoms with Crippen molar-refractivity contribution in [3.8, 4) is 10.8 Å². The number of hydrogen-bond acceptors (Lipinski definition) is 7. The van der Waals surface area contributed by atoms with Crippen molar-refractivity contribution >= 4 is 17.3 Å². The van der Waals surface area contributed by atoms with Crippen molar-refractivity contribution in [2.24, 2.45) is 0 Å². The fraction of sp³-hybridized carbons (Fsp3) is 0.429. The van der Waals surface area contributed by atoms with Gasteiger partial charge < -0.3 is 14.3 Å². The summed E-state index contributed by atoms with van der Waals surface area (Å²) in [5.74, 6) is 0.253. The van der Waals surface area contributed by atoms with Crippen molar-refractivity contribution < 1.29 is 19.1 Å². The molecule has 2 aromatic heterocycles. The Morgan fingerprint density at radius 1 is 1.67 bits per heavy atom. The van der Waals surface area contributed by atoms with E-state index in [-0.39, 0.29) is 5.97 Å². The Kier molecular flexibility index (Phi) is 4.05. The van der Waals surface area contributed by atoms with Crippen molar-refractivity contribution in [1.29, 1.82) is 0 Å². The first kappa shape index (κ1) is 14.2. The molecule has 0 amide bonds. The predicted octanol–water partition coefficient (Wildman–Crippen LogP) is 1.51. The summed E-state index contributed by atoms with van der Waals surface area (Å²) in [6, 6.07) is 3.46. The summed E-state index contributed by atoms with van der Waals surface area (Å²) in [7, 11) is 1.36. The number of hydrogen-bond donors (Lipinski definition) is 1. The molecule has 3 rings (SSSR count). The van der Waals surface area contributed by atoms with E-state index >= 15 is 0 Å². The number of rotatable bonds is 4. The van der Waals surface area contributed by atoms with Crippen LogP contribution in [0.3, 0.4) is 0 Å².